The highest BCUT2D eigenvalue weighted by Gasteiger charge is 2.20. The molecule has 9 aromatic carbocycles. The largest absolute Gasteiger partial charge is 0.310 e. The normalized spacial score (nSPS) is 11.6. The summed E-state index contributed by atoms with van der Waals surface area (Å²) in [4.78, 5) is 2.44. The molecule has 1 nitrogen and oxygen atoms in total. The van der Waals surface area contributed by atoms with Gasteiger partial charge in [-0.15, -0.1) is 0 Å². The number of rotatable bonds is 9. The maximum absolute atomic E-state index is 2.44. The van der Waals surface area contributed by atoms with Gasteiger partial charge in [0.1, 0.15) is 0 Å². The molecule has 0 saturated heterocycles. The van der Waals surface area contributed by atoms with E-state index in [1.54, 1.807) is 0 Å². The molecular weight excluding hydrogens is 615 g/mol. The fraction of sp³-hybridized carbons (Fsp3) is 0.120. The van der Waals surface area contributed by atoms with Crippen molar-refractivity contribution in [3.63, 3.8) is 0 Å². The monoisotopic (exact) mass is 655 g/mol. The van der Waals surface area contributed by atoms with Crippen LogP contribution >= 0.6 is 0 Å². The highest BCUT2D eigenvalue weighted by atomic mass is 15.1. The number of hydrogen-bond donors (Lipinski definition) is 0. The van der Waals surface area contributed by atoms with Crippen LogP contribution in [0.3, 0.4) is 0 Å². The first-order valence-corrected chi connectivity index (χ1v) is 18.5. The molecule has 0 unspecified atom stereocenters. The molecule has 0 radical (unpaired) electrons. The molecule has 0 aromatic heterocycles. The van der Waals surface area contributed by atoms with Gasteiger partial charge < -0.3 is 4.90 Å². The SMILES string of the molecule is CCCc1ccc(-c2ccc(N(c3ccc(-c4ccc(CCC)cc4)cc3)c3ccc4c5cccc6cccc(c7cccc3c74)c65)cc2)cc1. The van der Waals surface area contributed by atoms with Gasteiger partial charge in [0.15, 0.2) is 0 Å². The van der Waals surface area contributed by atoms with Crippen molar-refractivity contribution in [2.45, 2.75) is 39.5 Å². The quantitative estimate of drug-likeness (QED) is 0.110. The van der Waals surface area contributed by atoms with Gasteiger partial charge in [0.05, 0.1) is 5.69 Å². The molecule has 0 saturated carbocycles. The number of nitrogens with zero attached hydrogens (tertiary/aromatic N) is 1. The third kappa shape index (κ3) is 5.50. The zero-order valence-electron chi connectivity index (χ0n) is 29.4. The minimum absolute atomic E-state index is 1.12. The summed E-state index contributed by atoms with van der Waals surface area (Å²) in [7, 11) is 0. The fourth-order valence-corrected chi connectivity index (χ4v) is 8.16. The fourth-order valence-electron chi connectivity index (χ4n) is 8.16. The number of aryl methyl sites for hydroxylation is 2. The highest BCUT2D eigenvalue weighted by Crippen LogP contribution is 2.46. The Bertz CT molecular complexity index is 2470. The summed E-state index contributed by atoms with van der Waals surface area (Å²) in [5.74, 6) is 0. The Labute approximate surface area is 300 Å². The molecule has 0 aliphatic rings. The molecule has 1 heteroatoms. The molecule has 0 heterocycles. The van der Waals surface area contributed by atoms with E-state index in [1.165, 1.54) is 82.2 Å². The molecule has 0 aliphatic heterocycles. The average Bonchev–Trinajstić information content (AvgIpc) is 3.19. The molecule has 9 aromatic rings. The Kier molecular flexibility index (Phi) is 7.97. The van der Waals surface area contributed by atoms with Crippen LogP contribution < -0.4 is 4.90 Å². The lowest BCUT2D eigenvalue weighted by Gasteiger charge is -2.28. The average molecular weight is 656 g/mol. The Hall–Kier alpha value is -5.92. The molecular formula is C50H41N. The van der Waals surface area contributed by atoms with E-state index in [0.717, 1.165) is 37.1 Å². The summed E-state index contributed by atoms with van der Waals surface area (Å²) in [5.41, 5.74) is 11.2. The van der Waals surface area contributed by atoms with Gasteiger partial charge >= 0.3 is 0 Å². The predicted molar refractivity (Wildman–Crippen MR) is 221 cm³/mol. The number of hydrogen-bond acceptors (Lipinski definition) is 1. The molecule has 0 bridgehead atoms. The van der Waals surface area contributed by atoms with Gasteiger partial charge in [-0.3, -0.25) is 0 Å². The summed E-state index contributed by atoms with van der Waals surface area (Å²) in [5, 5.41) is 10.4. The third-order valence-electron chi connectivity index (χ3n) is 10.6. The molecule has 51 heavy (non-hydrogen) atoms. The van der Waals surface area contributed by atoms with Crippen LogP contribution in [0.5, 0.6) is 0 Å². The van der Waals surface area contributed by atoms with E-state index in [4.69, 9.17) is 0 Å². The molecule has 0 fully saturated rings. The lowest BCUT2D eigenvalue weighted by Crippen LogP contribution is -2.10. The lowest BCUT2D eigenvalue weighted by atomic mass is 9.89. The van der Waals surface area contributed by atoms with Crippen molar-refractivity contribution in [1.29, 1.82) is 0 Å². The van der Waals surface area contributed by atoms with E-state index in [2.05, 4.69) is 183 Å². The minimum atomic E-state index is 1.12. The maximum atomic E-state index is 2.44. The summed E-state index contributed by atoms with van der Waals surface area (Å²) in [6.07, 6.45) is 4.56. The van der Waals surface area contributed by atoms with Crippen LogP contribution in [-0.4, -0.2) is 0 Å². The van der Waals surface area contributed by atoms with Crippen molar-refractivity contribution in [3.05, 3.63) is 175 Å². The van der Waals surface area contributed by atoms with Gasteiger partial charge in [-0.1, -0.05) is 160 Å². The second-order valence-corrected chi connectivity index (χ2v) is 13.9. The van der Waals surface area contributed by atoms with Crippen molar-refractivity contribution in [2.24, 2.45) is 0 Å². The molecule has 0 atom stereocenters. The third-order valence-corrected chi connectivity index (χ3v) is 10.6. The van der Waals surface area contributed by atoms with Crippen molar-refractivity contribution >= 4 is 60.2 Å². The summed E-state index contributed by atoms with van der Waals surface area (Å²) >= 11 is 0. The first-order chi connectivity index (χ1) is 25.2. The first-order valence-electron chi connectivity index (χ1n) is 18.5. The van der Waals surface area contributed by atoms with Gasteiger partial charge in [-0.05, 0) is 114 Å². The van der Waals surface area contributed by atoms with Gasteiger partial charge in [0.25, 0.3) is 0 Å². The van der Waals surface area contributed by atoms with Gasteiger partial charge in [-0.2, -0.15) is 0 Å². The maximum Gasteiger partial charge on any atom is 0.0540 e. The van der Waals surface area contributed by atoms with Gasteiger partial charge in [0.2, 0.25) is 0 Å². The van der Waals surface area contributed by atoms with Gasteiger partial charge in [0, 0.05) is 16.8 Å². The second kappa shape index (κ2) is 13.1. The van der Waals surface area contributed by atoms with Crippen molar-refractivity contribution < 1.29 is 0 Å². The Morgan fingerprint density at radius 2 is 0.745 bits per heavy atom. The zero-order chi connectivity index (χ0) is 34.3. The van der Waals surface area contributed by atoms with Crippen LogP contribution in [0.1, 0.15) is 37.8 Å². The summed E-state index contributed by atoms with van der Waals surface area (Å²) < 4.78 is 0. The minimum Gasteiger partial charge on any atom is -0.310 e. The van der Waals surface area contributed by atoms with E-state index in [9.17, 15) is 0 Å². The van der Waals surface area contributed by atoms with Crippen LogP contribution in [0.2, 0.25) is 0 Å². The van der Waals surface area contributed by atoms with Crippen molar-refractivity contribution in [2.75, 3.05) is 4.90 Å². The molecule has 0 N–H and O–H groups in total. The number of benzene rings is 9. The van der Waals surface area contributed by atoms with Crippen LogP contribution in [0.4, 0.5) is 17.1 Å². The van der Waals surface area contributed by atoms with E-state index in [-0.39, 0.29) is 0 Å². The van der Waals surface area contributed by atoms with Crippen molar-refractivity contribution in [1.82, 2.24) is 0 Å². The zero-order valence-corrected chi connectivity index (χ0v) is 29.4. The highest BCUT2D eigenvalue weighted by molar-refractivity contribution is 6.34. The molecule has 9 rings (SSSR count). The lowest BCUT2D eigenvalue weighted by molar-refractivity contribution is 0.922. The summed E-state index contributed by atoms with van der Waals surface area (Å²) in [6, 6.07) is 61.2. The number of anilines is 3. The van der Waals surface area contributed by atoms with E-state index in [1.807, 2.05) is 0 Å². The standard InChI is InChI=1S/C50H41N/c1-3-8-34-16-20-36(21-17-34)38-24-28-41(29-25-38)51(42-30-26-39(27-31-42)37-22-18-35(9-4-2)19-23-37)48-33-32-46-44-13-6-11-40-10-5-12-43(49(40)44)45-14-7-15-47(48)50(45)46/h5-7,10-33H,3-4,8-9H2,1-2H3. The van der Waals surface area contributed by atoms with E-state index >= 15 is 0 Å². The van der Waals surface area contributed by atoms with Crippen LogP contribution in [0.25, 0.3) is 65.3 Å². The molecule has 0 spiro atoms. The first kappa shape index (κ1) is 31.1. The number of fused-ring (bicyclic) bond motifs is 2. The topological polar surface area (TPSA) is 3.24 Å². The van der Waals surface area contributed by atoms with Crippen LogP contribution in [-0.2, 0) is 12.8 Å². The van der Waals surface area contributed by atoms with Crippen LogP contribution in [0.15, 0.2) is 164 Å². The second-order valence-electron chi connectivity index (χ2n) is 13.9. The van der Waals surface area contributed by atoms with Gasteiger partial charge in [-0.25, -0.2) is 0 Å². The smallest absolute Gasteiger partial charge is 0.0540 e. The molecule has 0 amide bonds. The van der Waals surface area contributed by atoms with E-state index in [0.29, 0.717) is 0 Å². The molecule has 246 valence electrons. The Morgan fingerprint density at radius 1 is 0.353 bits per heavy atom. The Balaban J connectivity index is 1.20. The Morgan fingerprint density at radius 3 is 1.22 bits per heavy atom. The van der Waals surface area contributed by atoms with Crippen LogP contribution in [0, 0.1) is 0 Å². The summed E-state index contributed by atoms with van der Waals surface area (Å²) in [6.45, 7) is 4.47. The predicted octanol–water partition coefficient (Wildman–Crippen LogP) is 14.4. The molecule has 0 aliphatic carbocycles. The van der Waals surface area contributed by atoms with E-state index < -0.39 is 0 Å². The van der Waals surface area contributed by atoms with Crippen molar-refractivity contribution in [3.8, 4) is 22.3 Å².